The van der Waals surface area contributed by atoms with Crippen LogP contribution in [0.3, 0.4) is 0 Å². The highest BCUT2D eigenvalue weighted by atomic mass is 32.2. The third kappa shape index (κ3) is 7.08. The first kappa shape index (κ1) is 23.3. The van der Waals surface area contributed by atoms with Gasteiger partial charge in [0.25, 0.3) is 0 Å². The highest BCUT2D eigenvalue weighted by Crippen LogP contribution is 2.24. The fourth-order valence-corrected chi connectivity index (χ4v) is 5.13. The molecule has 0 aliphatic carbocycles. The summed E-state index contributed by atoms with van der Waals surface area (Å²) in [6.45, 7) is 7.99. The average Bonchev–Trinajstić information content (AvgIpc) is 2.61. The Labute approximate surface area is 178 Å². The van der Waals surface area contributed by atoms with Crippen molar-refractivity contribution in [2.75, 3.05) is 22.9 Å². The third-order valence-electron chi connectivity index (χ3n) is 4.48. The van der Waals surface area contributed by atoms with Gasteiger partial charge in [0.1, 0.15) is 6.04 Å². The summed E-state index contributed by atoms with van der Waals surface area (Å²) in [5.41, 5.74) is 4.90. The lowest BCUT2D eigenvalue weighted by Gasteiger charge is -2.28. The fourth-order valence-electron chi connectivity index (χ4n) is 3.16. The van der Waals surface area contributed by atoms with E-state index in [1.54, 1.807) is 30.8 Å². The maximum absolute atomic E-state index is 12.6. The molecule has 29 heavy (non-hydrogen) atoms. The standard InChI is InChI=1S/C22H30N2O3S2/c1-16-6-8-20(9-7-16)15-28-11-10-23-22(25)19(4)24(29(5,26)27)21-13-17(2)12-18(3)14-21/h6-9,12-14,19H,10-11,15H2,1-5H3,(H,23,25)/t19-/m0/s1. The number of amides is 1. The first-order valence-corrected chi connectivity index (χ1v) is 12.6. The van der Waals surface area contributed by atoms with E-state index in [1.807, 2.05) is 19.9 Å². The number of benzene rings is 2. The van der Waals surface area contributed by atoms with E-state index in [-0.39, 0.29) is 5.91 Å². The van der Waals surface area contributed by atoms with Crippen molar-refractivity contribution >= 4 is 33.4 Å². The maximum atomic E-state index is 12.6. The van der Waals surface area contributed by atoms with E-state index >= 15 is 0 Å². The van der Waals surface area contributed by atoms with E-state index in [1.165, 1.54) is 15.4 Å². The Morgan fingerprint density at radius 3 is 2.17 bits per heavy atom. The van der Waals surface area contributed by atoms with Gasteiger partial charge >= 0.3 is 0 Å². The van der Waals surface area contributed by atoms with Crippen LogP contribution in [0.15, 0.2) is 42.5 Å². The molecule has 0 bridgehead atoms. The lowest BCUT2D eigenvalue weighted by Crippen LogP contribution is -2.48. The quantitative estimate of drug-likeness (QED) is 0.610. The predicted octanol–water partition coefficient (Wildman–Crippen LogP) is 3.82. The maximum Gasteiger partial charge on any atom is 0.243 e. The predicted molar refractivity (Wildman–Crippen MR) is 123 cm³/mol. The number of carbonyl (C=O) groups is 1. The van der Waals surface area contributed by atoms with Crippen LogP contribution in [0.5, 0.6) is 0 Å². The molecular weight excluding hydrogens is 404 g/mol. The molecule has 2 aromatic rings. The molecule has 0 aliphatic rings. The Balaban J connectivity index is 1.94. The number of sulfonamides is 1. The Bertz CT molecular complexity index is 921. The van der Waals surface area contributed by atoms with E-state index in [9.17, 15) is 13.2 Å². The zero-order chi connectivity index (χ0) is 21.6. The Kier molecular flexibility index (Phi) is 8.16. The van der Waals surface area contributed by atoms with Gasteiger partial charge in [-0.2, -0.15) is 11.8 Å². The molecule has 0 heterocycles. The molecule has 0 aliphatic heterocycles. The molecule has 2 rings (SSSR count). The van der Waals surface area contributed by atoms with Gasteiger partial charge in [0.2, 0.25) is 15.9 Å². The van der Waals surface area contributed by atoms with Crippen molar-refractivity contribution in [3.05, 3.63) is 64.7 Å². The minimum absolute atomic E-state index is 0.300. The number of nitrogens with zero attached hydrogens (tertiary/aromatic N) is 1. The zero-order valence-electron chi connectivity index (χ0n) is 17.7. The molecule has 0 radical (unpaired) electrons. The SMILES string of the molecule is Cc1ccc(CSCCNC(=O)[C@H](C)N(c2cc(C)cc(C)c2)S(C)(=O)=O)cc1. The minimum Gasteiger partial charge on any atom is -0.353 e. The molecule has 7 heteroatoms. The Morgan fingerprint density at radius 1 is 1.03 bits per heavy atom. The smallest absolute Gasteiger partial charge is 0.243 e. The molecule has 158 valence electrons. The summed E-state index contributed by atoms with van der Waals surface area (Å²) in [6.07, 6.45) is 1.13. The second-order valence-electron chi connectivity index (χ2n) is 7.41. The topological polar surface area (TPSA) is 66.5 Å². The number of hydrogen-bond acceptors (Lipinski definition) is 4. The second kappa shape index (κ2) is 10.2. The van der Waals surface area contributed by atoms with Crippen LogP contribution in [-0.4, -0.2) is 38.9 Å². The van der Waals surface area contributed by atoms with Crippen molar-refractivity contribution < 1.29 is 13.2 Å². The van der Waals surface area contributed by atoms with Crippen molar-refractivity contribution in [2.45, 2.75) is 39.5 Å². The van der Waals surface area contributed by atoms with Crippen LogP contribution in [0.25, 0.3) is 0 Å². The highest BCUT2D eigenvalue weighted by Gasteiger charge is 2.29. The van der Waals surface area contributed by atoms with Crippen molar-refractivity contribution in [3.63, 3.8) is 0 Å². The molecule has 1 amide bonds. The highest BCUT2D eigenvalue weighted by molar-refractivity contribution is 7.98. The lowest BCUT2D eigenvalue weighted by molar-refractivity contribution is -0.121. The molecule has 2 aromatic carbocycles. The van der Waals surface area contributed by atoms with Crippen LogP contribution in [0.1, 0.15) is 29.2 Å². The van der Waals surface area contributed by atoms with Gasteiger partial charge in [-0.15, -0.1) is 0 Å². The monoisotopic (exact) mass is 434 g/mol. The van der Waals surface area contributed by atoms with Gasteiger partial charge in [-0.05, 0) is 56.5 Å². The number of anilines is 1. The number of aryl methyl sites for hydroxylation is 3. The van der Waals surface area contributed by atoms with Gasteiger partial charge in [0.15, 0.2) is 0 Å². The normalized spacial score (nSPS) is 12.4. The zero-order valence-corrected chi connectivity index (χ0v) is 19.4. The summed E-state index contributed by atoms with van der Waals surface area (Å²) in [6, 6.07) is 13.1. The van der Waals surface area contributed by atoms with E-state index in [0.717, 1.165) is 28.9 Å². The van der Waals surface area contributed by atoms with Gasteiger partial charge in [0.05, 0.1) is 11.9 Å². The number of nitrogens with one attached hydrogen (secondary N) is 1. The largest absolute Gasteiger partial charge is 0.353 e. The summed E-state index contributed by atoms with van der Waals surface area (Å²) < 4.78 is 26.0. The number of thioether (sulfide) groups is 1. The van der Waals surface area contributed by atoms with Crippen molar-refractivity contribution in [1.82, 2.24) is 5.32 Å². The van der Waals surface area contributed by atoms with Gasteiger partial charge in [-0.25, -0.2) is 8.42 Å². The molecule has 1 N–H and O–H groups in total. The molecule has 0 saturated heterocycles. The second-order valence-corrected chi connectivity index (χ2v) is 10.4. The Morgan fingerprint density at radius 2 is 1.62 bits per heavy atom. The summed E-state index contributed by atoms with van der Waals surface area (Å²) in [4.78, 5) is 12.6. The molecule has 1 atom stereocenters. The van der Waals surface area contributed by atoms with E-state index in [2.05, 4.69) is 36.5 Å². The van der Waals surface area contributed by atoms with Crippen molar-refractivity contribution in [2.24, 2.45) is 0 Å². The summed E-state index contributed by atoms with van der Waals surface area (Å²) in [7, 11) is -3.60. The molecular formula is C22H30N2O3S2. The Hall–Kier alpha value is -1.99. The van der Waals surface area contributed by atoms with Gasteiger partial charge in [-0.1, -0.05) is 35.9 Å². The van der Waals surface area contributed by atoms with Crippen molar-refractivity contribution in [1.29, 1.82) is 0 Å². The summed E-state index contributed by atoms with van der Waals surface area (Å²) in [5.74, 6) is 1.34. The van der Waals surface area contributed by atoms with Gasteiger partial charge in [-0.3, -0.25) is 9.10 Å². The van der Waals surface area contributed by atoms with Crippen LogP contribution >= 0.6 is 11.8 Å². The number of rotatable bonds is 9. The van der Waals surface area contributed by atoms with Gasteiger partial charge in [0, 0.05) is 18.1 Å². The minimum atomic E-state index is -3.60. The van der Waals surface area contributed by atoms with Crippen LogP contribution in [0.4, 0.5) is 5.69 Å². The molecule has 0 spiro atoms. The molecule has 0 unspecified atom stereocenters. The molecule has 0 saturated carbocycles. The first-order chi connectivity index (χ1) is 13.6. The third-order valence-corrected chi connectivity index (χ3v) is 6.76. The number of hydrogen-bond donors (Lipinski definition) is 1. The van der Waals surface area contributed by atoms with E-state index in [0.29, 0.717) is 12.2 Å². The van der Waals surface area contributed by atoms with E-state index < -0.39 is 16.1 Å². The molecule has 0 fully saturated rings. The lowest BCUT2D eigenvalue weighted by atomic mass is 10.1. The first-order valence-electron chi connectivity index (χ1n) is 9.56. The molecule has 0 aromatic heterocycles. The van der Waals surface area contributed by atoms with Crippen LogP contribution in [0, 0.1) is 20.8 Å². The molecule has 5 nitrogen and oxygen atoms in total. The summed E-state index contributed by atoms with van der Waals surface area (Å²) in [5, 5.41) is 2.86. The van der Waals surface area contributed by atoms with E-state index in [4.69, 9.17) is 0 Å². The van der Waals surface area contributed by atoms with Crippen LogP contribution < -0.4 is 9.62 Å². The van der Waals surface area contributed by atoms with Crippen molar-refractivity contribution in [3.8, 4) is 0 Å². The summed E-state index contributed by atoms with van der Waals surface area (Å²) >= 11 is 1.73. The van der Waals surface area contributed by atoms with Crippen LogP contribution in [0.2, 0.25) is 0 Å². The van der Waals surface area contributed by atoms with Crippen LogP contribution in [-0.2, 0) is 20.6 Å². The van der Waals surface area contributed by atoms with Gasteiger partial charge < -0.3 is 5.32 Å². The number of carbonyl (C=O) groups excluding carboxylic acids is 1. The fraction of sp³-hybridized carbons (Fsp3) is 0.409. The average molecular weight is 435 g/mol.